The van der Waals surface area contributed by atoms with Gasteiger partial charge in [0.25, 0.3) is 0 Å². The molecule has 0 saturated heterocycles. The van der Waals surface area contributed by atoms with Crippen LogP contribution in [0.4, 0.5) is 0 Å². The van der Waals surface area contributed by atoms with Crippen molar-refractivity contribution in [3.63, 3.8) is 0 Å². The Morgan fingerprint density at radius 3 is 2.77 bits per heavy atom. The SMILES string of the molecule is CNCCc1cc(C)cc(Br)c1O. The number of hydrogen-bond donors (Lipinski definition) is 2. The molecule has 0 aromatic heterocycles. The number of phenols is 1. The zero-order valence-electron chi connectivity index (χ0n) is 7.89. The van der Waals surface area contributed by atoms with Crippen molar-refractivity contribution in [2.24, 2.45) is 0 Å². The van der Waals surface area contributed by atoms with Gasteiger partial charge < -0.3 is 10.4 Å². The fourth-order valence-corrected chi connectivity index (χ4v) is 1.87. The maximum Gasteiger partial charge on any atom is 0.133 e. The number of phenolic OH excluding ortho intramolecular Hbond substituents is 1. The molecule has 0 fully saturated rings. The van der Waals surface area contributed by atoms with E-state index in [4.69, 9.17) is 0 Å². The quantitative estimate of drug-likeness (QED) is 0.854. The smallest absolute Gasteiger partial charge is 0.133 e. The fraction of sp³-hybridized carbons (Fsp3) is 0.400. The van der Waals surface area contributed by atoms with Gasteiger partial charge in [0.15, 0.2) is 0 Å². The summed E-state index contributed by atoms with van der Waals surface area (Å²) in [5.41, 5.74) is 2.15. The van der Waals surface area contributed by atoms with E-state index < -0.39 is 0 Å². The molecule has 1 rings (SSSR count). The van der Waals surface area contributed by atoms with Gasteiger partial charge in [-0.05, 0) is 60.1 Å². The largest absolute Gasteiger partial charge is 0.506 e. The average Bonchev–Trinajstić information content (AvgIpc) is 2.09. The van der Waals surface area contributed by atoms with Crippen molar-refractivity contribution < 1.29 is 5.11 Å². The van der Waals surface area contributed by atoms with Gasteiger partial charge in [-0.1, -0.05) is 6.07 Å². The molecule has 13 heavy (non-hydrogen) atoms. The zero-order chi connectivity index (χ0) is 9.84. The summed E-state index contributed by atoms with van der Waals surface area (Å²) in [6.45, 7) is 2.90. The van der Waals surface area contributed by atoms with Crippen molar-refractivity contribution in [2.45, 2.75) is 13.3 Å². The summed E-state index contributed by atoms with van der Waals surface area (Å²) in [6.07, 6.45) is 0.850. The lowest BCUT2D eigenvalue weighted by atomic mass is 10.1. The van der Waals surface area contributed by atoms with Gasteiger partial charge in [-0.15, -0.1) is 0 Å². The molecule has 1 aromatic rings. The van der Waals surface area contributed by atoms with Crippen molar-refractivity contribution >= 4 is 15.9 Å². The van der Waals surface area contributed by atoms with Crippen molar-refractivity contribution in [2.75, 3.05) is 13.6 Å². The Morgan fingerprint density at radius 2 is 2.15 bits per heavy atom. The highest BCUT2D eigenvalue weighted by Gasteiger charge is 2.05. The molecule has 0 aliphatic heterocycles. The topological polar surface area (TPSA) is 32.3 Å². The van der Waals surface area contributed by atoms with Gasteiger partial charge in [0, 0.05) is 0 Å². The second kappa shape index (κ2) is 4.63. The molecule has 72 valence electrons. The van der Waals surface area contributed by atoms with Gasteiger partial charge in [0.2, 0.25) is 0 Å². The third-order valence-corrected chi connectivity index (χ3v) is 2.54. The second-order valence-corrected chi connectivity index (χ2v) is 3.96. The fourth-order valence-electron chi connectivity index (χ4n) is 1.26. The van der Waals surface area contributed by atoms with E-state index in [9.17, 15) is 5.11 Å². The second-order valence-electron chi connectivity index (χ2n) is 3.11. The van der Waals surface area contributed by atoms with E-state index >= 15 is 0 Å². The predicted octanol–water partition coefficient (Wildman–Crippen LogP) is 2.23. The van der Waals surface area contributed by atoms with Crippen molar-refractivity contribution in [3.8, 4) is 5.75 Å². The summed E-state index contributed by atoms with van der Waals surface area (Å²) in [5, 5.41) is 12.7. The molecule has 2 N–H and O–H groups in total. The first-order valence-corrected chi connectivity index (χ1v) is 5.07. The van der Waals surface area contributed by atoms with Crippen LogP contribution in [0.1, 0.15) is 11.1 Å². The summed E-state index contributed by atoms with van der Waals surface area (Å²) in [6, 6.07) is 3.93. The molecule has 1 aromatic carbocycles. The summed E-state index contributed by atoms with van der Waals surface area (Å²) >= 11 is 3.32. The Hall–Kier alpha value is -0.540. The van der Waals surface area contributed by atoms with Crippen LogP contribution in [0, 0.1) is 6.92 Å². The standard InChI is InChI=1S/C10H14BrNO/c1-7-5-8(3-4-12-2)10(13)9(11)6-7/h5-6,12-13H,3-4H2,1-2H3. The molecule has 0 radical (unpaired) electrons. The van der Waals surface area contributed by atoms with Crippen LogP contribution in [0.5, 0.6) is 5.75 Å². The van der Waals surface area contributed by atoms with Crippen molar-refractivity contribution in [1.29, 1.82) is 0 Å². The summed E-state index contributed by atoms with van der Waals surface area (Å²) in [5.74, 6) is 0.362. The monoisotopic (exact) mass is 243 g/mol. The molecule has 0 unspecified atom stereocenters. The minimum atomic E-state index is 0.362. The van der Waals surface area contributed by atoms with Gasteiger partial charge >= 0.3 is 0 Å². The first-order valence-electron chi connectivity index (χ1n) is 4.27. The van der Waals surface area contributed by atoms with Gasteiger partial charge in [-0.3, -0.25) is 0 Å². The predicted molar refractivity (Wildman–Crippen MR) is 58.2 cm³/mol. The van der Waals surface area contributed by atoms with Gasteiger partial charge in [0.05, 0.1) is 4.47 Å². The van der Waals surface area contributed by atoms with Crippen LogP contribution in [-0.4, -0.2) is 18.7 Å². The van der Waals surface area contributed by atoms with Crippen molar-refractivity contribution in [3.05, 3.63) is 27.7 Å². The Labute approximate surface area is 87.1 Å². The molecular formula is C10H14BrNO. The highest BCUT2D eigenvalue weighted by molar-refractivity contribution is 9.10. The number of halogens is 1. The van der Waals surface area contributed by atoms with Crippen LogP contribution in [0.2, 0.25) is 0 Å². The van der Waals surface area contributed by atoms with Crippen LogP contribution in [0.3, 0.4) is 0 Å². The van der Waals surface area contributed by atoms with Gasteiger partial charge in [-0.25, -0.2) is 0 Å². The minimum Gasteiger partial charge on any atom is -0.506 e. The third-order valence-electron chi connectivity index (χ3n) is 1.93. The summed E-state index contributed by atoms with van der Waals surface area (Å²) < 4.78 is 0.776. The zero-order valence-corrected chi connectivity index (χ0v) is 9.48. The van der Waals surface area contributed by atoms with E-state index in [-0.39, 0.29) is 0 Å². The van der Waals surface area contributed by atoms with Crippen molar-refractivity contribution in [1.82, 2.24) is 5.32 Å². The maximum atomic E-state index is 9.67. The van der Waals surface area contributed by atoms with E-state index in [0.717, 1.165) is 28.6 Å². The van der Waals surface area contributed by atoms with Crippen LogP contribution in [0.15, 0.2) is 16.6 Å². The van der Waals surface area contributed by atoms with Crippen LogP contribution in [-0.2, 0) is 6.42 Å². The molecule has 2 nitrogen and oxygen atoms in total. The Kier molecular flexibility index (Phi) is 3.75. The average molecular weight is 244 g/mol. The van der Waals surface area contributed by atoms with E-state index in [0.29, 0.717) is 5.75 Å². The minimum absolute atomic E-state index is 0.362. The van der Waals surface area contributed by atoms with Gasteiger partial charge in [-0.2, -0.15) is 0 Å². The number of rotatable bonds is 3. The van der Waals surface area contributed by atoms with E-state index in [1.54, 1.807) is 0 Å². The van der Waals surface area contributed by atoms with E-state index in [1.165, 1.54) is 0 Å². The van der Waals surface area contributed by atoms with E-state index in [1.807, 2.05) is 26.1 Å². The van der Waals surface area contributed by atoms with Gasteiger partial charge in [0.1, 0.15) is 5.75 Å². The molecular weight excluding hydrogens is 230 g/mol. The molecule has 0 aliphatic carbocycles. The lowest BCUT2D eigenvalue weighted by Gasteiger charge is -2.07. The number of nitrogens with one attached hydrogen (secondary N) is 1. The first kappa shape index (κ1) is 10.5. The lowest BCUT2D eigenvalue weighted by molar-refractivity contribution is 0.464. The molecule has 3 heteroatoms. The molecule has 0 spiro atoms. The summed E-state index contributed by atoms with van der Waals surface area (Å²) in [7, 11) is 1.90. The molecule has 0 aliphatic rings. The Bertz CT molecular complexity index is 299. The van der Waals surface area contributed by atoms with Crippen LogP contribution in [0.25, 0.3) is 0 Å². The van der Waals surface area contributed by atoms with E-state index in [2.05, 4.69) is 21.2 Å². The maximum absolute atomic E-state index is 9.67. The number of aromatic hydroxyl groups is 1. The molecule has 0 bridgehead atoms. The lowest BCUT2D eigenvalue weighted by Crippen LogP contribution is -2.10. The highest BCUT2D eigenvalue weighted by atomic mass is 79.9. The number of hydrogen-bond acceptors (Lipinski definition) is 2. The molecule has 0 amide bonds. The number of benzene rings is 1. The van der Waals surface area contributed by atoms with Crippen LogP contribution >= 0.6 is 15.9 Å². The van der Waals surface area contributed by atoms with Crippen LogP contribution < -0.4 is 5.32 Å². The molecule has 0 heterocycles. The Balaban J connectivity index is 2.92. The third kappa shape index (κ3) is 2.71. The Morgan fingerprint density at radius 1 is 1.46 bits per heavy atom. The molecule has 0 atom stereocenters. The highest BCUT2D eigenvalue weighted by Crippen LogP contribution is 2.29. The normalized spacial score (nSPS) is 10.4. The first-order chi connectivity index (χ1) is 6.15. The molecule has 0 saturated carbocycles. The number of aryl methyl sites for hydroxylation is 1. The summed E-state index contributed by atoms with van der Waals surface area (Å²) in [4.78, 5) is 0. The number of likely N-dealkylation sites (N-methyl/N-ethyl adjacent to an activating group) is 1.